The predicted octanol–water partition coefficient (Wildman–Crippen LogP) is 7.75. The number of rotatable bonds is 6. The predicted molar refractivity (Wildman–Crippen MR) is 200 cm³/mol. The van der Waals surface area contributed by atoms with Crippen LogP contribution in [-0.4, -0.2) is 28.7 Å². The van der Waals surface area contributed by atoms with Crippen molar-refractivity contribution in [2.75, 3.05) is 9.80 Å². The number of para-hydroxylation sites is 1. The number of imide groups is 2. The number of fused-ring (bicyclic) bond motifs is 4. The smallest absolute Gasteiger partial charge is 0.246 e. The van der Waals surface area contributed by atoms with E-state index in [2.05, 4.69) is 29.2 Å². The first kappa shape index (κ1) is 32.7. The molecule has 0 radical (unpaired) electrons. The quantitative estimate of drug-likeness (QED) is 0.123. The lowest BCUT2D eigenvalue weighted by Gasteiger charge is -2.50. The van der Waals surface area contributed by atoms with Crippen LogP contribution >= 0.6 is 34.2 Å². The van der Waals surface area contributed by atoms with Gasteiger partial charge in [0.1, 0.15) is 5.75 Å². The van der Waals surface area contributed by atoms with Crippen molar-refractivity contribution < 1.29 is 24.3 Å². The minimum atomic E-state index is -1.47. The fourth-order valence-electron chi connectivity index (χ4n) is 9.10. The monoisotopic (exact) mass is 794 g/mol. The van der Waals surface area contributed by atoms with Gasteiger partial charge in [-0.05, 0) is 101 Å². The van der Waals surface area contributed by atoms with Crippen molar-refractivity contribution in [1.82, 2.24) is 0 Å². The molecule has 50 heavy (non-hydrogen) atoms. The number of carbonyl (C=O) groups is 4. The van der Waals surface area contributed by atoms with Gasteiger partial charge in [0, 0.05) is 20.1 Å². The van der Waals surface area contributed by atoms with Crippen molar-refractivity contribution >= 4 is 69.2 Å². The maximum atomic E-state index is 15.4. The highest BCUT2D eigenvalue weighted by Crippen LogP contribution is 2.65. The fraction of sp³-hybridized carbons (Fsp3) is 0.220. The van der Waals surface area contributed by atoms with Crippen LogP contribution in [0.1, 0.15) is 35.4 Å². The summed E-state index contributed by atoms with van der Waals surface area (Å²) >= 11 is 8.59. The molecular formula is C41H32ClIN2O5. The SMILES string of the molecule is C=CCc1cccc([C@H]2C3=CC[C@@H]4C(=O)N(c5ccc(I)cc5)C(=O)[C@@H]4[C@@H]3C[C@H]3C(=O)N(c4cccc(Cl)c4)C(=O)[C@@]23c2ccccc2)c1O. The highest BCUT2D eigenvalue weighted by molar-refractivity contribution is 14.1. The van der Waals surface area contributed by atoms with E-state index in [4.69, 9.17) is 11.6 Å². The molecule has 0 bridgehead atoms. The van der Waals surface area contributed by atoms with Gasteiger partial charge in [-0.1, -0.05) is 83.9 Å². The molecule has 4 aromatic carbocycles. The van der Waals surface area contributed by atoms with Crippen LogP contribution in [0, 0.1) is 27.2 Å². The molecule has 1 saturated carbocycles. The number of carbonyl (C=O) groups excluding carboxylic acids is 4. The van der Waals surface area contributed by atoms with Crippen LogP contribution in [0.2, 0.25) is 5.02 Å². The van der Waals surface area contributed by atoms with Crippen LogP contribution in [0.3, 0.4) is 0 Å². The molecule has 1 N–H and O–H groups in total. The average Bonchev–Trinajstić information content (AvgIpc) is 3.51. The molecular weight excluding hydrogens is 763 g/mol. The van der Waals surface area contributed by atoms with Gasteiger partial charge in [0.05, 0.1) is 34.5 Å². The summed E-state index contributed by atoms with van der Waals surface area (Å²) in [6.45, 7) is 3.87. The van der Waals surface area contributed by atoms with E-state index in [9.17, 15) is 19.5 Å². The zero-order valence-electron chi connectivity index (χ0n) is 26.8. The number of phenolic OH excluding ortho intramolecular Hbond substituents is 1. The minimum Gasteiger partial charge on any atom is -0.507 e. The van der Waals surface area contributed by atoms with Gasteiger partial charge in [-0.2, -0.15) is 0 Å². The molecule has 6 atom stereocenters. The summed E-state index contributed by atoms with van der Waals surface area (Å²) in [5.41, 5.74) is 1.95. The van der Waals surface area contributed by atoms with Crippen LogP contribution in [0.5, 0.6) is 5.75 Å². The lowest BCUT2D eigenvalue weighted by molar-refractivity contribution is -0.127. The van der Waals surface area contributed by atoms with E-state index in [0.717, 1.165) is 9.14 Å². The number of anilines is 2. The van der Waals surface area contributed by atoms with Gasteiger partial charge in [-0.15, -0.1) is 6.58 Å². The number of allylic oxidation sites excluding steroid dienone is 3. The molecule has 0 unspecified atom stereocenters. The molecule has 250 valence electrons. The molecule has 2 aliphatic heterocycles. The van der Waals surface area contributed by atoms with E-state index < -0.39 is 46.8 Å². The lowest BCUT2D eigenvalue weighted by Crippen LogP contribution is -2.53. The molecule has 4 amide bonds. The molecule has 4 aliphatic rings. The second-order valence-electron chi connectivity index (χ2n) is 13.4. The Morgan fingerprint density at radius 3 is 2.30 bits per heavy atom. The number of halogens is 2. The molecule has 2 heterocycles. The van der Waals surface area contributed by atoms with E-state index >= 15 is 4.79 Å². The summed E-state index contributed by atoms with van der Waals surface area (Å²) < 4.78 is 0.978. The summed E-state index contributed by atoms with van der Waals surface area (Å²) in [6, 6.07) is 28.7. The molecule has 2 saturated heterocycles. The fourth-order valence-corrected chi connectivity index (χ4v) is 9.64. The van der Waals surface area contributed by atoms with Crippen molar-refractivity contribution in [2.24, 2.45) is 23.7 Å². The standard InChI is InChI=1S/C41H32ClIN2O5/c1-2-8-23-9-6-14-31(36(23)46)35-29-19-20-30-34(39(49)44(37(30)47)27-17-15-26(43)16-18-27)32(29)22-33-38(48)45(28-13-7-12-25(42)21-28)40(50)41(33,35)24-10-4-3-5-11-24/h2-7,9-19,21,30,32-35,46H,1,8,20,22H2/t30-,32+,33-,34-,35+,41+/m0/s1. The highest BCUT2D eigenvalue weighted by Gasteiger charge is 2.70. The molecule has 7 nitrogen and oxygen atoms in total. The average molecular weight is 795 g/mol. The van der Waals surface area contributed by atoms with Gasteiger partial charge in [-0.25, -0.2) is 4.90 Å². The summed E-state index contributed by atoms with van der Waals surface area (Å²) in [7, 11) is 0. The Morgan fingerprint density at radius 2 is 1.58 bits per heavy atom. The van der Waals surface area contributed by atoms with Gasteiger partial charge in [0.25, 0.3) is 0 Å². The van der Waals surface area contributed by atoms with Crippen molar-refractivity contribution in [2.45, 2.75) is 30.6 Å². The molecule has 3 fully saturated rings. The Kier molecular flexibility index (Phi) is 8.06. The summed E-state index contributed by atoms with van der Waals surface area (Å²) in [6.07, 6.45) is 4.56. The highest BCUT2D eigenvalue weighted by atomic mass is 127. The van der Waals surface area contributed by atoms with E-state index in [1.807, 2.05) is 66.7 Å². The minimum absolute atomic E-state index is 0.0194. The molecule has 9 heteroatoms. The third kappa shape index (κ3) is 4.67. The van der Waals surface area contributed by atoms with E-state index in [-0.39, 0.29) is 24.0 Å². The van der Waals surface area contributed by atoms with Gasteiger partial charge in [0.15, 0.2) is 0 Å². The third-order valence-corrected chi connectivity index (χ3v) is 12.0. The zero-order valence-corrected chi connectivity index (χ0v) is 29.8. The number of nitrogens with zero attached hydrogens (tertiary/aromatic N) is 2. The van der Waals surface area contributed by atoms with E-state index in [0.29, 0.717) is 45.9 Å². The first-order valence-electron chi connectivity index (χ1n) is 16.6. The first-order chi connectivity index (χ1) is 24.2. The second kappa shape index (κ2) is 12.3. The molecule has 0 spiro atoms. The van der Waals surface area contributed by atoms with Crippen molar-refractivity contribution in [3.63, 3.8) is 0 Å². The number of benzene rings is 4. The van der Waals surface area contributed by atoms with Crippen molar-refractivity contribution in [3.05, 3.63) is 147 Å². The second-order valence-corrected chi connectivity index (χ2v) is 15.1. The topological polar surface area (TPSA) is 95.0 Å². The normalized spacial score (nSPS) is 27.2. The van der Waals surface area contributed by atoms with Gasteiger partial charge < -0.3 is 5.11 Å². The Labute approximate surface area is 308 Å². The molecule has 8 rings (SSSR count). The Morgan fingerprint density at radius 1 is 0.840 bits per heavy atom. The van der Waals surface area contributed by atoms with E-state index in [1.165, 1.54) is 9.80 Å². The van der Waals surface area contributed by atoms with Crippen LogP contribution in [0.15, 0.2) is 121 Å². The van der Waals surface area contributed by atoms with Crippen LogP contribution in [0.25, 0.3) is 0 Å². The van der Waals surface area contributed by atoms with Gasteiger partial charge in [-0.3, -0.25) is 24.1 Å². The van der Waals surface area contributed by atoms with E-state index in [1.54, 1.807) is 42.5 Å². The number of hydrogen-bond acceptors (Lipinski definition) is 5. The van der Waals surface area contributed by atoms with Crippen molar-refractivity contribution in [3.8, 4) is 5.75 Å². The largest absolute Gasteiger partial charge is 0.507 e. The van der Waals surface area contributed by atoms with Crippen LogP contribution in [0.4, 0.5) is 11.4 Å². The van der Waals surface area contributed by atoms with Crippen LogP contribution in [-0.2, 0) is 31.0 Å². The Hall–Kier alpha value is -4.54. The van der Waals surface area contributed by atoms with Gasteiger partial charge >= 0.3 is 0 Å². The number of hydrogen-bond donors (Lipinski definition) is 1. The summed E-state index contributed by atoms with van der Waals surface area (Å²) in [4.78, 5) is 61.3. The Bertz CT molecular complexity index is 2130. The third-order valence-electron chi connectivity index (χ3n) is 11.1. The Balaban J connectivity index is 1.37. The first-order valence-corrected chi connectivity index (χ1v) is 18.1. The summed E-state index contributed by atoms with van der Waals surface area (Å²) in [5, 5.41) is 12.4. The van der Waals surface area contributed by atoms with Crippen molar-refractivity contribution in [1.29, 1.82) is 0 Å². The maximum Gasteiger partial charge on any atom is 0.246 e. The summed E-state index contributed by atoms with van der Waals surface area (Å²) in [5.74, 6) is -5.01. The lowest BCUT2D eigenvalue weighted by atomic mass is 9.49. The van der Waals surface area contributed by atoms with Crippen LogP contribution < -0.4 is 9.80 Å². The number of aromatic hydroxyl groups is 1. The maximum absolute atomic E-state index is 15.4. The molecule has 2 aliphatic carbocycles. The number of amides is 4. The molecule has 4 aromatic rings. The number of phenols is 1. The molecule has 0 aromatic heterocycles. The zero-order chi connectivity index (χ0) is 34.9. The van der Waals surface area contributed by atoms with Gasteiger partial charge in [0.2, 0.25) is 23.6 Å².